The molecule has 0 aromatic heterocycles. The van der Waals surface area contributed by atoms with Crippen LogP contribution in [0.4, 0.5) is 0 Å². The zero-order chi connectivity index (χ0) is 70.1. The molecule has 0 aromatic carbocycles. The van der Waals surface area contributed by atoms with E-state index in [0.717, 1.165) is 0 Å². The molecule has 34 nitrogen and oxygen atoms in total. The van der Waals surface area contributed by atoms with Gasteiger partial charge in [-0.25, -0.2) is 4.79 Å². The number of carboxylic acids is 3. The molecule has 3 saturated heterocycles. The number of nitrogens with zero attached hydrogens (tertiary/aromatic N) is 3. The quantitative estimate of drug-likeness (QED) is 0.0259. The van der Waals surface area contributed by atoms with E-state index in [0.29, 0.717) is 38.6 Å². The summed E-state index contributed by atoms with van der Waals surface area (Å²) in [6, 6.07) is -16.1. The number of amides is 13. The van der Waals surface area contributed by atoms with Crippen LogP contribution < -0.4 is 65.1 Å². The molecule has 0 aliphatic carbocycles. The van der Waals surface area contributed by atoms with Crippen LogP contribution >= 0.6 is 0 Å². The maximum absolute atomic E-state index is 14.6. The highest BCUT2D eigenvalue weighted by Gasteiger charge is 2.44. The van der Waals surface area contributed by atoms with E-state index < -0.39 is 211 Å². The molecule has 13 amide bonds. The molecule has 12 atom stereocenters. The molecule has 0 spiro atoms. The van der Waals surface area contributed by atoms with Crippen LogP contribution in [-0.2, 0) is 76.7 Å². The Hall–Kier alpha value is -8.56. The molecule has 0 saturated carbocycles. The van der Waals surface area contributed by atoms with Gasteiger partial charge in [-0.15, -0.1) is 0 Å². The molecular formula is C59H97N15O19. The minimum atomic E-state index is -1.92. The van der Waals surface area contributed by atoms with E-state index in [9.17, 15) is 92.0 Å². The standard InChI is InChI=1S/C59H97N15O19/c1-29(2)26-37(52(85)70-46(30(3)4)56(89)66-34(14-9-10-22-60)50(83)65-35(18-20-42(62)75)51(84)69-38(59(92)93)27-45(79)80)68-54(87)40-16-13-25-74(40)58(91)47(31(5)6)71-55(88)41-17-12-24-73(41)57(90)36(19-21-44(77)78)67-49(82)33(8)63-48(81)32(7)64-53(86)39-15-11-23-72(39)43(76)28-61/h29-41,46-47H,9-28,60-61H2,1-8H3,(H2,62,75)(H,63,81)(H,64,86)(H,65,83)(H,66,89)(H,67,82)(H,68,87)(H,69,84)(H,70,85)(H,71,88)(H,77,78)(H,79,80)(H,92,93)/t32-,33-,34-,35-,36-,37-,38-,39-,40-,41-,46-,47-/m0/s1. The number of likely N-dealkylation sites (tertiary alicyclic amines) is 3. The number of carboxylic acid groups (broad SMARTS) is 3. The molecule has 0 aromatic rings. The Morgan fingerprint density at radius 2 is 0.892 bits per heavy atom. The number of unbranched alkanes of at least 4 members (excludes halogenated alkanes) is 1. The summed E-state index contributed by atoms with van der Waals surface area (Å²) in [5.74, 6) is -16.4. The molecule has 0 bridgehead atoms. The van der Waals surface area contributed by atoms with E-state index in [1.165, 1.54) is 28.5 Å². The number of primary amides is 1. The molecular weight excluding hydrogens is 1220 g/mol. The third-order valence-electron chi connectivity index (χ3n) is 16.2. The third kappa shape index (κ3) is 24.5. The minimum absolute atomic E-state index is 0.00589. The van der Waals surface area contributed by atoms with Gasteiger partial charge in [0.2, 0.25) is 76.8 Å². The van der Waals surface area contributed by atoms with Crippen LogP contribution in [0, 0.1) is 17.8 Å². The summed E-state index contributed by atoms with van der Waals surface area (Å²) >= 11 is 0. The zero-order valence-electron chi connectivity index (χ0n) is 54.2. The fraction of sp³-hybridized carbons (Fsp3) is 0.729. The fourth-order valence-electron chi connectivity index (χ4n) is 11.1. The summed E-state index contributed by atoms with van der Waals surface area (Å²) in [6.45, 7) is 13.0. The van der Waals surface area contributed by atoms with Crippen LogP contribution in [0.5, 0.6) is 0 Å². The third-order valence-corrected chi connectivity index (χ3v) is 16.2. The maximum atomic E-state index is 14.6. The Labute approximate surface area is 539 Å². The van der Waals surface area contributed by atoms with Crippen LogP contribution in [0.25, 0.3) is 0 Å². The van der Waals surface area contributed by atoms with Crippen LogP contribution in [-0.4, -0.2) is 230 Å². The van der Waals surface area contributed by atoms with Crippen molar-refractivity contribution in [2.45, 2.75) is 224 Å². The number of hydrogen-bond donors (Lipinski definition) is 15. The first kappa shape index (κ1) is 78.7. The smallest absolute Gasteiger partial charge is 0.326 e. The van der Waals surface area contributed by atoms with Gasteiger partial charge in [-0.1, -0.05) is 41.5 Å². The van der Waals surface area contributed by atoms with E-state index >= 15 is 0 Å². The Morgan fingerprint density at radius 3 is 1.40 bits per heavy atom. The van der Waals surface area contributed by atoms with Crippen molar-refractivity contribution in [2.75, 3.05) is 32.7 Å². The average molecular weight is 1320 g/mol. The van der Waals surface area contributed by atoms with Crippen molar-refractivity contribution in [3.05, 3.63) is 0 Å². The summed E-state index contributed by atoms with van der Waals surface area (Å²) in [6.07, 6.45) is -0.504. The Kier molecular flexibility index (Phi) is 32.0. The largest absolute Gasteiger partial charge is 0.481 e. The number of nitrogens with one attached hydrogen (secondary N) is 9. The molecule has 18 N–H and O–H groups in total. The molecule has 3 rings (SSSR count). The first-order valence-electron chi connectivity index (χ1n) is 31.6. The maximum Gasteiger partial charge on any atom is 0.326 e. The van der Waals surface area contributed by atoms with Crippen molar-refractivity contribution in [3.8, 4) is 0 Å². The Balaban J connectivity index is 1.77. The second-order valence-electron chi connectivity index (χ2n) is 24.8. The first-order chi connectivity index (χ1) is 43.6. The molecule has 3 aliphatic rings. The first-order valence-corrected chi connectivity index (χ1v) is 31.6. The second kappa shape index (κ2) is 37.8. The number of carbonyl (C=O) groups excluding carboxylic acids is 13. The van der Waals surface area contributed by atoms with Crippen molar-refractivity contribution >= 4 is 94.7 Å². The van der Waals surface area contributed by atoms with Crippen LogP contribution in [0.2, 0.25) is 0 Å². The summed E-state index contributed by atoms with van der Waals surface area (Å²) in [5.41, 5.74) is 16.5. The van der Waals surface area contributed by atoms with Crippen LogP contribution in [0.3, 0.4) is 0 Å². The summed E-state index contributed by atoms with van der Waals surface area (Å²) < 4.78 is 0. The van der Waals surface area contributed by atoms with Gasteiger partial charge in [0.05, 0.1) is 13.0 Å². The normalized spacial score (nSPS) is 19.1. The monoisotopic (exact) mass is 1320 g/mol. The van der Waals surface area contributed by atoms with Gasteiger partial charge < -0.3 is 95.1 Å². The van der Waals surface area contributed by atoms with Gasteiger partial charge in [0.15, 0.2) is 0 Å². The van der Waals surface area contributed by atoms with E-state index in [1.54, 1.807) is 41.5 Å². The number of aliphatic carboxylic acids is 3. The number of nitrogens with two attached hydrogens (primary N) is 3. The van der Waals surface area contributed by atoms with Crippen LogP contribution in [0.15, 0.2) is 0 Å². The highest BCUT2D eigenvalue weighted by atomic mass is 16.4. The van der Waals surface area contributed by atoms with Crippen LogP contribution in [0.1, 0.15) is 152 Å². The lowest BCUT2D eigenvalue weighted by atomic mass is 9.98. The highest BCUT2D eigenvalue weighted by Crippen LogP contribution is 2.25. The van der Waals surface area contributed by atoms with Gasteiger partial charge >= 0.3 is 17.9 Å². The molecule has 34 heteroatoms. The van der Waals surface area contributed by atoms with E-state index in [2.05, 4.69) is 42.5 Å². The van der Waals surface area contributed by atoms with Gasteiger partial charge in [0, 0.05) is 32.5 Å². The van der Waals surface area contributed by atoms with Gasteiger partial charge in [-0.2, -0.15) is 0 Å². The van der Waals surface area contributed by atoms with Gasteiger partial charge in [-0.3, -0.25) is 71.9 Å². The number of hydrogen-bond acceptors (Lipinski definition) is 18. The molecule has 3 fully saturated rings. The molecule has 522 valence electrons. The molecule has 0 radical (unpaired) electrons. The predicted molar refractivity (Wildman–Crippen MR) is 329 cm³/mol. The molecule has 93 heavy (non-hydrogen) atoms. The van der Waals surface area contributed by atoms with Crippen molar-refractivity contribution < 1.29 is 92.0 Å². The van der Waals surface area contributed by atoms with Gasteiger partial charge in [0.1, 0.15) is 72.5 Å². The summed E-state index contributed by atoms with van der Waals surface area (Å²) in [7, 11) is 0. The minimum Gasteiger partial charge on any atom is -0.481 e. The number of carbonyl (C=O) groups is 16. The molecule has 0 unspecified atom stereocenters. The average Bonchev–Trinajstić information content (AvgIpc) is 1.87. The zero-order valence-corrected chi connectivity index (χ0v) is 54.2. The van der Waals surface area contributed by atoms with E-state index in [4.69, 9.17) is 17.2 Å². The van der Waals surface area contributed by atoms with E-state index in [1.807, 2.05) is 5.32 Å². The summed E-state index contributed by atoms with van der Waals surface area (Å²) in [4.78, 5) is 216. The molecule has 3 heterocycles. The van der Waals surface area contributed by atoms with Crippen molar-refractivity contribution in [2.24, 2.45) is 35.0 Å². The summed E-state index contributed by atoms with van der Waals surface area (Å²) in [5, 5.41) is 51.0. The van der Waals surface area contributed by atoms with Gasteiger partial charge in [0.25, 0.3) is 0 Å². The molecule has 3 aliphatic heterocycles. The Bertz CT molecular complexity index is 2730. The second-order valence-corrected chi connectivity index (χ2v) is 24.8. The predicted octanol–water partition coefficient (Wildman–Crippen LogP) is -4.50. The lowest BCUT2D eigenvalue weighted by Crippen LogP contribution is -2.61. The van der Waals surface area contributed by atoms with Gasteiger partial charge in [-0.05, 0) is 115 Å². The lowest BCUT2D eigenvalue weighted by Gasteiger charge is -2.33. The van der Waals surface area contributed by atoms with Crippen molar-refractivity contribution in [1.29, 1.82) is 0 Å². The van der Waals surface area contributed by atoms with Crippen molar-refractivity contribution in [3.63, 3.8) is 0 Å². The number of rotatable bonds is 38. The SMILES string of the molecule is CC(C)C[C@H](NC(=O)[C@@H]1CCCN1C(=O)[C@@H](NC(=O)[C@@H]1CCCN1C(=O)[C@H](CCC(=O)O)NC(=O)[C@H](C)NC(=O)[C@H](C)NC(=O)[C@@H]1CCCN1C(=O)CN)C(C)C)C(=O)N[C@H](C(=O)N[C@@H](CCCCN)C(=O)N[C@@H](CCC(N)=O)C(=O)N[C@@H](CC(=O)O)C(=O)O)C(C)C. The van der Waals surface area contributed by atoms with Crippen molar-refractivity contribution in [1.82, 2.24) is 62.6 Å². The fourth-order valence-corrected chi connectivity index (χ4v) is 11.1. The highest BCUT2D eigenvalue weighted by molar-refractivity contribution is 6.00. The lowest BCUT2D eigenvalue weighted by molar-refractivity contribution is -0.147. The van der Waals surface area contributed by atoms with E-state index in [-0.39, 0.29) is 64.2 Å². The topological polar surface area (TPSA) is 530 Å². The Morgan fingerprint density at radius 1 is 0.441 bits per heavy atom.